The molecule has 3 rings (SSSR count). The predicted molar refractivity (Wildman–Crippen MR) is 102 cm³/mol. The van der Waals surface area contributed by atoms with Crippen LogP contribution in [0.15, 0.2) is 36.7 Å². The molecule has 8 nitrogen and oxygen atoms in total. The second-order valence-corrected chi connectivity index (χ2v) is 8.58. The largest absolute Gasteiger partial charge is 0.494 e. The van der Waals surface area contributed by atoms with E-state index in [1.54, 1.807) is 7.05 Å². The van der Waals surface area contributed by atoms with Crippen molar-refractivity contribution in [2.45, 2.75) is 19.4 Å². The summed E-state index contributed by atoms with van der Waals surface area (Å²) in [7, 11) is -1.44. The van der Waals surface area contributed by atoms with Gasteiger partial charge in [0.1, 0.15) is 5.75 Å². The zero-order valence-electron chi connectivity index (χ0n) is 15.3. The van der Waals surface area contributed by atoms with Crippen molar-refractivity contribution in [2.75, 3.05) is 30.5 Å². The van der Waals surface area contributed by atoms with E-state index >= 15 is 0 Å². The molecule has 144 valence electrons. The Hall–Kier alpha value is -2.68. The van der Waals surface area contributed by atoms with E-state index in [1.807, 2.05) is 31.2 Å². The number of nitrogens with zero attached hydrogens (tertiary/aromatic N) is 3. The molecule has 2 aromatic rings. The topological polar surface area (TPSA) is 101 Å². The van der Waals surface area contributed by atoms with Gasteiger partial charge in [-0.3, -0.25) is 4.79 Å². The summed E-state index contributed by atoms with van der Waals surface area (Å²) >= 11 is 0. The van der Waals surface area contributed by atoms with E-state index < -0.39 is 9.84 Å². The average molecular weight is 390 g/mol. The molecule has 0 saturated carbocycles. The Labute approximate surface area is 158 Å². The smallest absolute Gasteiger partial charge is 0.257 e. The van der Waals surface area contributed by atoms with Gasteiger partial charge in [0.2, 0.25) is 5.95 Å². The van der Waals surface area contributed by atoms with Gasteiger partial charge in [-0.05, 0) is 37.6 Å². The fourth-order valence-electron chi connectivity index (χ4n) is 2.88. The second-order valence-electron chi connectivity index (χ2n) is 6.35. The Kier molecular flexibility index (Phi) is 5.59. The van der Waals surface area contributed by atoms with E-state index in [-0.39, 0.29) is 23.5 Å². The third-order valence-electron chi connectivity index (χ3n) is 4.40. The summed E-state index contributed by atoms with van der Waals surface area (Å²) in [6.07, 6.45) is 3.33. The third kappa shape index (κ3) is 4.73. The van der Waals surface area contributed by atoms with Crippen molar-refractivity contribution < 1.29 is 17.9 Å². The first kappa shape index (κ1) is 19.1. The summed E-state index contributed by atoms with van der Waals surface area (Å²) < 4.78 is 28.6. The van der Waals surface area contributed by atoms with Crippen LogP contribution in [0, 0.1) is 0 Å². The number of benzene rings is 1. The number of sulfone groups is 1. The van der Waals surface area contributed by atoms with Crippen LogP contribution in [0.5, 0.6) is 5.75 Å². The van der Waals surface area contributed by atoms with Crippen molar-refractivity contribution in [3.8, 4) is 5.75 Å². The molecule has 1 saturated heterocycles. The molecule has 0 radical (unpaired) electrons. The number of hydrogen-bond donors (Lipinski definition) is 1. The second kappa shape index (κ2) is 7.91. The number of carbonyl (C=O) groups is 1. The number of carbonyl (C=O) groups excluding carboxylic acids is 1. The Morgan fingerprint density at radius 2 is 1.93 bits per heavy atom. The number of hydrogen-bond acceptors (Lipinski definition) is 7. The Morgan fingerprint density at radius 3 is 2.48 bits per heavy atom. The van der Waals surface area contributed by atoms with Crippen molar-refractivity contribution in [1.29, 1.82) is 0 Å². The number of rotatable bonds is 6. The van der Waals surface area contributed by atoms with Crippen molar-refractivity contribution in [1.82, 2.24) is 14.9 Å². The molecule has 1 aliphatic rings. The molecule has 1 unspecified atom stereocenters. The highest BCUT2D eigenvalue weighted by molar-refractivity contribution is 7.91. The SMILES string of the molecule is CCOc1ccc(Nc2ncc(C(=O)N(C)C3CCS(=O)(=O)C3)cn2)cc1. The minimum absolute atomic E-state index is 0.00742. The predicted octanol–water partition coefficient (Wildman–Crippen LogP) is 1.88. The van der Waals surface area contributed by atoms with Crippen LogP contribution in [-0.2, 0) is 9.84 Å². The lowest BCUT2D eigenvalue weighted by molar-refractivity contribution is 0.0747. The minimum Gasteiger partial charge on any atom is -0.494 e. The maximum absolute atomic E-state index is 12.5. The Morgan fingerprint density at radius 1 is 1.26 bits per heavy atom. The summed E-state index contributed by atoms with van der Waals surface area (Å²) in [5, 5.41) is 3.05. The lowest BCUT2D eigenvalue weighted by Crippen LogP contribution is -2.37. The quantitative estimate of drug-likeness (QED) is 0.803. The third-order valence-corrected chi connectivity index (χ3v) is 6.15. The molecule has 0 aliphatic carbocycles. The van der Waals surface area contributed by atoms with E-state index in [0.717, 1.165) is 11.4 Å². The molecule has 1 aromatic carbocycles. The van der Waals surface area contributed by atoms with Crippen LogP contribution in [0.25, 0.3) is 0 Å². The van der Waals surface area contributed by atoms with E-state index in [0.29, 0.717) is 24.5 Å². The highest BCUT2D eigenvalue weighted by Gasteiger charge is 2.33. The first-order valence-corrected chi connectivity index (χ1v) is 10.5. The zero-order chi connectivity index (χ0) is 19.4. The first-order chi connectivity index (χ1) is 12.9. The summed E-state index contributed by atoms with van der Waals surface area (Å²) in [5.41, 5.74) is 1.12. The van der Waals surface area contributed by atoms with Crippen molar-refractivity contribution in [2.24, 2.45) is 0 Å². The van der Waals surface area contributed by atoms with Crippen molar-refractivity contribution in [3.63, 3.8) is 0 Å². The van der Waals surface area contributed by atoms with Gasteiger partial charge in [-0.25, -0.2) is 18.4 Å². The molecule has 0 spiro atoms. The molecule has 1 fully saturated rings. The van der Waals surface area contributed by atoms with Gasteiger partial charge in [-0.15, -0.1) is 0 Å². The summed E-state index contributed by atoms with van der Waals surface area (Å²) in [5.74, 6) is 0.984. The standard InChI is InChI=1S/C18H22N4O4S/c1-3-26-16-6-4-14(5-7-16)21-18-19-10-13(11-20-18)17(23)22(2)15-8-9-27(24,25)12-15/h4-7,10-11,15H,3,8-9,12H2,1-2H3,(H,19,20,21). The van der Waals surface area contributed by atoms with Crippen LogP contribution in [0.2, 0.25) is 0 Å². The van der Waals surface area contributed by atoms with Crippen LogP contribution in [0.1, 0.15) is 23.7 Å². The summed E-state index contributed by atoms with van der Waals surface area (Å²) in [4.78, 5) is 22.3. The highest BCUT2D eigenvalue weighted by atomic mass is 32.2. The number of amides is 1. The van der Waals surface area contributed by atoms with E-state index in [9.17, 15) is 13.2 Å². The molecular weight excluding hydrogens is 368 g/mol. The van der Waals surface area contributed by atoms with Gasteiger partial charge < -0.3 is 15.0 Å². The molecule has 1 atom stereocenters. The van der Waals surface area contributed by atoms with Crippen LogP contribution < -0.4 is 10.1 Å². The molecule has 27 heavy (non-hydrogen) atoms. The lowest BCUT2D eigenvalue weighted by atomic mass is 10.2. The minimum atomic E-state index is -3.05. The number of ether oxygens (including phenoxy) is 1. The summed E-state index contributed by atoms with van der Waals surface area (Å²) in [6.45, 7) is 2.53. The van der Waals surface area contributed by atoms with Gasteiger partial charge in [0.25, 0.3) is 5.91 Å². The van der Waals surface area contributed by atoms with Crippen molar-refractivity contribution >= 4 is 27.4 Å². The van der Waals surface area contributed by atoms with E-state index in [1.165, 1.54) is 17.3 Å². The molecule has 0 bridgehead atoms. The maximum Gasteiger partial charge on any atom is 0.257 e. The molecule has 1 amide bonds. The van der Waals surface area contributed by atoms with Crippen LogP contribution in [0.4, 0.5) is 11.6 Å². The zero-order valence-corrected chi connectivity index (χ0v) is 16.1. The normalized spacial score (nSPS) is 18.1. The van der Waals surface area contributed by atoms with Gasteiger partial charge in [-0.2, -0.15) is 0 Å². The van der Waals surface area contributed by atoms with Gasteiger partial charge >= 0.3 is 0 Å². The number of anilines is 2. The van der Waals surface area contributed by atoms with Crippen LogP contribution in [-0.4, -0.2) is 60.4 Å². The van der Waals surface area contributed by atoms with Gasteiger partial charge in [0.15, 0.2) is 9.84 Å². The first-order valence-electron chi connectivity index (χ1n) is 8.67. The fraction of sp³-hybridized carbons (Fsp3) is 0.389. The number of nitrogens with one attached hydrogen (secondary N) is 1. The average Bonchev–Trinajstić information content (AvgIpc) is 3.03. The van der Waals surface area contributed by atoms with Gasteiger partial charge in [-0.1, -0.05) is 0 Å². The molecule has 1 N–H and O–H groups in total. The lowest BCUT2D eigenvalue weighted by Gasteiger charge is -2.23. The van der Waals surface area contributed by atoms with Crippen LogP contribution >= 0.6 is 0 Å². The van der Waals surface area contributed by atoms with E-state index in [2.05, 4.69) is 15.3 Å². The molecule has 2 heterocycles. The number of aromatic nitrogens is 2. The van der Waals surface area contributed by atoms with Gasteiger partial charge in [0, 0.05) is 31.2 Å². The molecule has 1 aliphatic heterocycles. The molecule has 9 heteroatoms. The fourth-order valence-corrected chi connectivity index (χ4v) is 4.66. The highest BCUT2D eigenvalue weighted by Crippen LogP contribution is 2.20. The van der Waals surface area contributed by atoms with Crippen LogP contribution in [0.3, 0.4) is 0 Å². The summed E-state index contributed by atoms with van der Waals surface area (Å²) in [6, 6.07) is 7.08. The Balaban J connectivity index is 1.63. The van der Waals surface area contributed by atoms with E-state index in [4.69, 9.17) is 4.74 Å². The maximum atomic E-state index is 12.5. The van der Waals surface area contributed by atoms with Gasteiger partial charge in [0.05, 0.1) is 23.7 Å². The molecule has 1 aromatic heterocycles. The monoisotopic (exact) mass is 390 g/mol. The molecular formula is C18H22N4O4S. The Bertz CT molecular complexity index is 898. The van der Waals surface area contributed by atoms with Crippen molar-refractivity contribution in [3.05, 3.63) is 42.2 Å².